The number of nitrogens with one attached hydrogen (secondary N) is 1. The van der Waals surface area contributed by atoms with Gasteiger partial charge in [-0.15, -0.1) is 0 Å². The highest BCUT2D eigenvalue weighted by molar-refractivity contribution is 6.30. The third-order valence-corrected chi connectivity index (χ3v) is 2.32. The van der Waals surface area contributed by atoms with Gasteiger partial charge in [-0.1, -0.05) is 30.7 Å². The summed E-state index contributed by atoms with van der Waals surface area (Å²) in [5, 5.41) is 3.59. The third kappa shape index (κ3) is 3.04. The quantitative estimate of drug-likeness (QED) is 0.819. The molecule has 0 saturated heterocycles. The minimum absolute atomic E-state index is 0.0414. The zero-order chi connectivity index (χ0) is 10.6. The number of halogens is 1. The number of carbonyl (C=O) groups excluding carboxylic acids is 1. The summed E-state index contributed by atoms with van der Waals surface area (Å²) in [4.78, 5) is 11.1. The Morgan fingerprint density at radius 2 is 2.00 bits per heavy atom. The second-order valence-electron chi connectivity index (χ2n) is 3.19. The van der Waals surface area contributed by atoms with E-state index in [9.17, 15) is 4.79 Å². The maximum Gasteiger partial charge on any atom is 0.220 e. The Labute approximate surface area is 89.3 Å². The van der Waals surface area contributed by atoms with Gasteiger partial charge >= 0.3 is 0 Å². The van der Waals surface area contributed by atoms with Gasteiger partial charge in [0.1, 0.15) is 0 Å². The predicted octanol–water partition coefficient (Wildman–Crippen LogP) is 2.93. The molecule has 0 fully saturated rings. The van der Waals surface area contributed by atoms with E-state index in [0.717, 1.165) is 5.56 Å². The molecule has 76 valence electrons. The fraction of sp³-hybridized carbons (Fsp3) is 0.364. The SMILES string of the molecule is CCC(=O)N[C@H](C)c1ccc(Cl)cc1. The van der Waals surface area contributed by atoms with Crippen LogP contribution in [0.2, 0.25) is 5.02 Å². The second-order valence-corrected chi connectivity index (χ2v) is 3.63. The number of benzene rings is 1. The second kappa shape index (κ2) is 5.01. The molecule has 0 saturated carbocycles. The van der Waals surface area contributed by atoms with Crippen LogP contribution in [0.1, 0.15) is 31.9 Å². The summed E-state index contributed by atoms with van der Waals surface area (Å²) in [6, 6.07) is 7.53. The van der Waals surface area contributed by atoms with Gasteiger partial charge in [-0.3, -0.25) is 4.79 Å². The van der Waals surface area contributed by atoms with E-state index in [-0.39, 0.29) is 11.9 Å². The highest BCUT2D eigenvalue weighted by atomic mass is 35.5. The molecule has 14 heavy (non-hydrogen) atoms. The van der Waals surface area contributed by atoms with E-state index in [0.29, 0.717) is 11.4 Å². The van der Waals surface area contributed by atoms with E-state index in [4.69, 9.17) is 11.6 Å². The Kier molecular flexibility index (Phi) is 3.96. The molecule has 0 unspecified atom stereocenters. The van der Waals surface area contributed by atoms with Gasteiger partial charge in [0.2, 0.25) is 5.91 Å². The first-order chi connectivity index (χ1) is 6.63. The van der Waals surface area contributed by atoms with Crippen molar-refractivity contribution in [2.24, 2.45) is 0 Å². The van der Waals surface area contributed by atoms with Crippen LogP contribution in [0, 0.1) is 0 Å². The van der Waals surface area contributed by atoms with Crippen LogP contribution in [0.5, 0.6) is 0 Å². The fourth-order valence-corrected chi connectivity index (χ4v) is 1.30. The monoisotopic (exact) mass is 211 g/mol. The number of rotatable bonds is 3. The fourth-order valence-electron chi connectivity index (χ4n) is 1.18. The summed E-state index contributed by atoms with van der Waals surface area (Å²) < 4.78 is 0. The van der Waals surface area contributed by atoms with Crippen LogP contribution >= 0.6 is 11.6 Å². The minimum Gasteiger partial charge on any atom is -0.350 e. The number of carbonyl (C=O) groups is 1. The molecule has 1 rings (SSSR count). The van der Waals surface area contributed by atoms with Crippen LogP contribution in [-0.2, 0) is 4.79 Å². The molecule has 1 aromatic rings. The van der Waals surface area contributed by atoms with Crippen molar-refractivity contribution in [3.05, 3.63) is 34.9 Å². The van der Waals surface area contributed by atoms with Gasteiger partial charge in [-0.05, 0) is 24.6 Å². The van der Waals surface area contributed by atoms with Crippen LogP contribution in [0.25, 0.3) is 0 Å². The van der Waals surface area contributed by atoms with E-state index in [2.05, 4.69) is 5.32 Å². The lowest BCUT2D eigenvalue weighted by Gasteiger charge is -2.13. The Balaban J connectivity index is 2.65. The Morgan fingerprint density at radius 1 is 1.43 bits per heavy atom. The first kappa shape index (κ1) is 11.1. The van der Waals surface area contributed by atoms with Crippen molar-refractivity contribution in [2.75, 3.05) is 0 Å². The topological polar surface area (TPSA) is 29.1 Å². The predicted molar refractivity (Wildman–Crippen MR) is 58.3 cm³/mol. The summed E-state index contributed by atoms with van der Waals surface area (Å²) >= 11 is 5.76. The van der Waals surface area contributed by atoms with E-state index >= 15 is 0 Å². The van der Waals surface area contributed by atoms with Crippen molar-refractivity contribution in [3.8, 4) is 0 Å². The molecule has 0 aliphatic rings. The summed E-state index contributed by atoms with van der Waals surface area (Å²) in [7, 11) is 0. The molecule has 2 nitrogen and oxygen atoms in total. The maximum atomic E-state index is 11.1. The zero-order valence-electron chi connectivity index (χ0n) is 8.38. The molecule has 0 radical (unpaired) electrons. The molecular weight excluding hydrogens is 198 g/mol. The van der Waals surface area contributed by atoms with Gasteiger partial charge in [0.05, 0.1) is 6.04 Å². The first-order valence-electron chi connectivity index (χ1n) is 4.68. The highest BCUT2D eigenvalue weighted by Gasteiger charge is 2.06. The molecule has 0 spiro atoms. The highest BCUT2D eigenvalue weighted by Crippen LogP contribution is 2.15. The number of hydrogen-bond donors (Lipinski definition) is 1. The molecule has 1 aromatic carbocycles. The van der Waals surface area contributed by atoms with Gasteiger partial charge in [0.15, 0.2) is 0 Å². The van der Waals surface area contributed by atoms with Crippen molar-refractivity contribution in [3.63, 3.8) is 0 Å². The van der Waals surface area contributed by atoms with Crippen LogP contribution in [0.15, 0.2) is 24.3 Å². The van der Waals surface area contributed by atoms with Crippen molar-refractivity contribution in [2.45, 2.75) is 26.3 Å². The summed E-state index contributed by atoms with van der Waals surface area (Å²) in [6.45, 7) is 3.79. The van der Waals surface area contributed by atoms with Gasteiger partial charge in [0.25, 0.3) is 0 Å². The molecule has 0 aliphatic carbocycles. The van der Waals surface area contributed by atoms with Crippen molar-refractivity contribution >= 4 is 17.5 Å². The Morgan fingerprint density at radius 3 is 2.50 bits per heavy atom. The normalized spacial score (nSPS) is 12.2. The van der Waals surface area contributed by atoms with Crippen LogP contribution in [0.3, 0.4) is 0 Å². The Bertz CT molecular complexity index is 308. The maximum absolute atomic E-state index is 11.1. The van der Waals surface area contributed by atoms with Gasteiger partial charge in [0, 0.05) is 11.4 Å². The van der Waals surface area contributed by atoms with Crippen molar-refractivity contribution in [1.29, 1.82) is 0 Å². The molecule has 1 atom stereocenters. The van der Waals surface area contributed by atoms with E-state index in [1.807, 2.05) is 38.1 Å². The summed E-state index contributed by atoms with van der Waals surface area (Å²) in [6.07, 6.45) is 0.512. The smallest absolute Gasteiger partial charge is 0.220 e. The summed E-state index contributed by atoms with van der Waals surface area (Å²) in [5.74, 6) is 0.0625. The molecule has 0 heterocycles. The van der Waals surface area contributed by atoms with Crippen LogP contribution < -0.4 is 5.32 Å². The van der Waals surface area contributed by atoms with Gasteiger partial charge < -0.3 is 5.32 Å². The molecule has 0 aromatic heterocycles. The van der Waals surface area contributed by atoms with E-state index in [1.54, 1.807) is 0 Å². The average molecular weight is 212 g/mol. The van der Waals surface area contributed by atoms with E-state index in [1.165, 1.54) is 0 Å². The third-order valence-electron chi connectivity index (χ3n) is 2.07. The van der Waals surface area contributed by atoms with Crippen molar-refractivity contribution < 1.29 is 4.79 Å². The standard InChI is InChI=1S/C11H14ClNO/c1-3-11(14)13-8(2)9-4-6-10(12)7-5-9/h4-8H,3H2,1-2H3,(H,13,14)/t8-/m1/s1. The molecule has 3 heteroatoms. The molecular formula is C11H14ClNO. The van der Waals surface area contributed by atoms with Crippen molar-refractivity contribution in [1.82, 2.24) is 5.32 Å². The van der Waals surface area contributed by atoms with Gasteiger partial charge in [-0.25, -0.2) is 0 Å². The first-order valence-corrected chi connectivity index (χ1v) is 5.06. The molecule has 0 bridgehead atoms. The molecule has 1 N–H and O–H groups in total. The molecule has 1 amide bonds. The average Bonchev–Trinajstić information content (AvgIpc) is 2.18. The zero-order valence-corrected chi connectivity index (χ0v) is 9.14. The lowest BCUT2D eigenvalue weighted by molar-refractivity contribution is -0.121. The number of amides is 1. The van der Waals surface area contributed by atoms with Gasteiger partial charge in [-0.2, -0.15) is 0 Å². The number of hydrogen-bond acceptors (Lipinski definition) is 1. The largest absolute Gasteiger partial charge is 0.350 e. The minimum atomic E-state index is 0.0414. The van der Waals surface area contributed by atoms with Crippen LogP contribution in [0.4, 0.5) is 0 Å². The Hall–Kier alpha value is -1.02. The lowest BCUT2D eigenvalue weighted by atomic mass is 10.1. The van der Waals surface area contributed by atoms with Crippen LogP contribution in [-0.4, -0.2) is 5.91 Å². The van der Waals surface area contributed by atoms with E-state index < -0.39 is 0 Å². The lowest BCUT2D eigenvalue weighted by Crippen LogP contribution is -2.25. The summed E-state index contributed by atoms with van der Waals surface area (Å²) in [5.41, 5.74) is 1.07. The molecule has 0 aliphatic heterocycles.